The Bertz CT molecular complexity index is 492. The summed E-state index contributed by atoms with van der Waals surface area (Å²) in [5.41, 5.74) is 7.63. The number of nitrogen functional groups attached to an aromatic ring is 1. The van der Waals surface area contributed by atoms with Gasteiger partial charge in [0.05, 0.1) is 0 Å². The van der Waals surface area contributed by atoms with Crippen LogP contribution in [-0.4, -0.2) is 12.5 Å². The van der Waals surface area contributed by atoms with Crippen LogP contribution in [0.3, 0.4) is 0 Å². The molecule has 3 unspecified atom stereocenters. The second-order valence-electron chi connectivity index (χ2n) is 5.67. The maximum Gasteiger partial charge on any atom is 0.223 e. The summed E-state index contributed by atoms with van der Waals surface area (Å²) < 4.78 is 0. The highest BCUT2D eigenvalue weighted by Gasteiger charge is 2.39. The first kappa shape index (κ1) is 12.3. The van der Waals surface area contributed by atoms with Gasteiger partial charge in [0.25, 0.3) is 0 Å². The Morgan fingerprint density at radius 3 is 2.63 bits per heavy atom. The Balaban J connectivity index is 1.46. The second-order valence-corrected chi connectivity index (χ2v) is 5.67. The summed E-state index contributed by atoms with van der Waals surface area (Å²) in [5, 5.41) is 3.07. The number of allylic oxidation sites excluding steroid dienone is 2. The van der Waals surface area contributed by atoms with Gasteiger partial charge in [0.2, 0.25) is 5.91 Å². The molecule has 0 radical (unpaired) electrons. The first-order valence-electron chi connectivity index (χ1n) is 7.03. The molecule has 3 nitrogen and oxygen atoms in total. The summed E-state index contributed by atoms with van der Waals surface area (Å²) >= 11 is 0. The minimum absolute atomic E-state index is 0.210. The molecule has 1 saturated carbocycles. The zero-order valence-electron chi connectivity index (χ0n) is 11.0. The predicted molar refractivity (Wildman–Crippen MR) is 76.4 cm³/mol. The summed E-state index contributed by atoms with van der Waals surface area (Å²) in [4.78, 5) is 12.1. The molecule has 3 heteroatoms. The van der Waals surface area contributed by atoms with Crippen LogP contribution in [0.15, 0.2) is 36.4 Å². The van der Waals surface area contributed by atoms with E-state index in [2.05, 4.69) is 17.5 Å². The van der Waals surface area contributed by atoms with Crippen LogP contribution in [0, 0.1) is 17.8 Å². The number of anilines is 1. The van der Waals surface area contributed by atoms with Gasteiger partial charge in [-0.1, -0.05) is 24.3 Å². The molecule has 100 valence electrons. The molecule has 0 saturated heterocycles. The molecule has 1 amide bonds. The number of benzene rings is 1. The minimum Gasteiger partial charge on any atom is -0.399 e. The van der Waals surface area contributed by atoms with E-state index in [9.17, 15) is 4.79 Å². The monoisotopic (exact) mass is 256 g/mol. The van der Waals surface area contributed by atoms with E-state index in [0.717, 1.165) is 18.5 Å². The molecule has 2 aliphatic carbocycles. The van der Waals surface area contributed by atoms with Crippen molar-refractivity contribution in [3.8, 4) is 0 Å². The van der Waals surface area contributed by atoms with E-state index >= 15 is 0 Å². The van der Waals surface area contributed by atoms with Crippen molar-refractivity contribution in [3.05, 3.63) is 42.0 Å². The zero-order valence-corrected chi connectivity index (χ0v) is 11.0. The van der Waals surface area contributed by atoms with E-state index in [1.54, 1.807) is 0 Å². The third kappa shape index (κ3) is 2.65. The lowest BCUT2D eigenvalue weighted by Gasteiger charge is -2.17. The molecule has 3 N–H and O–H groups in total. The van der Waals surface area contributed by atoms with Gasteiger partial charge in [-0.2, -0.15) is 0 Å². The predicted octanol–water partition coefficient (Wildman–Crippen LogP) is 2.14. The Hall–Kier alpha value is -1.77. The average Bonchev–Trinajstić information content (AvgIpc) is 3.03. The smallest absolute Gasteiger partial charge is 0.223 e. The largest absolute Gasteiger partial charge is 0.399 e. The number of hydrogen-bond acceptors (Lipinski definition) is 2. The van der Waals surface area contributed by atoms with Gasteiger partial charge >= 0.3 is 0 Å². The number of carbonyl (C=O) groups is 1. The highest BCUT2D eigenvalue weighted by atomic mass is 16.1. The molecule has 0 heterocycles. The SMILES string of the molecule is Nc1ccc(CCNC(=O)C2CC3C=CC2C3)cc1. The number of rotatable bonds is 4. The van der Waals surface area contributed by atoms with Crippen LogP contribution in [0.4, 0.5) is 5.69 Å². The highest BCUT2D eigenvalue weighted by molar-refractivity contribution is 5.80. The van der Waals surface area contributed by atoms with E-state index in [0.29, 0.717) is 18.4 Å². The lowest BCUT2D eigenvalue weighted by atomic mass is 9.93. The third-order valence-electron chi connectivity index (χ3n) is 4.31. The minimum atomic E-state index is 0.210. The van der Waals surface area contributed by atoms with Crippen molar-refractivity contribution in [1.82, 2.24) is 5.32 Å². The lowest BCUT2D eigenvalue weighted by molar-refractivity contribution is -0.125. The fourth-order valence-electron chi connectivity index (χ4n) is 3.23. The third-order valence-corrected chi connectivity index (χ3v) is 4.31. The van der Waals surface area contributed by atoms with E-state index in [4.69, 9.17) is 5.73 Å². The van der Waals surface area contributed by atoms with Gasteiger partial charge in [-0.25, -0.2) is 0 Å². The molecule has 1 fully saturated rings. The summed E-state index contributed by atoms with van der Waals surface area (Å²) in [6.45, 7) is 0.709. The molecule has 1 aromatic rings. The van der Waals surface area contributed by atoms with E-state index in [1.165, 1.54) is 12.0 Å². The molecule has 0 aliphatic heterocycles. The van der Waals surface area contributed by atoms with Crippen molar-refractivity contribution in [3.63, 3.8) is 0 Å². The van der Waals surface area contributed by atoms with Gasteiger partial charge in [0.15, 0.2) is 0 Å². The second kappa shape index (κ2) is 5.08. The molecule has 3 atom stereocenters. The van der Waals surface area contributed by atoms with Crippen LogP contribution in [0.1, 0.15) is 18.4 Å². The molecular weight excluding hydrogens is 236 g/mol. The zero-order chi connectivity index (χ0) is 13.2. The van der Waals surface area contributed by atoms with Crippen molar-refractivity contribution in [1.29, 1.82) is 0 Å². The van der Waals surface area contributed by atoms with E-state index in [-0.39, 0.29) is 11.8 Å². The Kier molecular flexibility index (Phi) is 3.28. The van der Waals surface area contributed by atoms with E-state index in [1.807, 2.05) is 24.3 Å². The molecule has 1 aromatic carbocycles. The summed E-state index contributed by atoms with van der Waals surface area (Å²) in [6.07, 6.45) is 7.56. The van der Waals surface area contributed by atoms with Crippen LogP contribution < -0.4 is 11.1 Å². The van der Waals surface area contributed by atoms with Crippen LogP contribution in [0.5, 0.6) is 0 Å². The van der Waals surface area contributed by atoms with Crippen LogP contribution in [0.2, 0.25) is 0 Å². The van der Waals surface area contributed by atoms with E-state index < -0.39 is 0 Å². The molecule has 2 bridgehead atoms. The summed E-state index contributed by atoms with van der Waals surface area (Å²) in [7, 11) is 0. The van der Waals surface area contributed by atoms with Gasteiger partial charge in [-0.05, 0) is 48.8 Å². The Morgan fingerprint density at radius 1 is 1.21 bits per heavy atom. The first-order chi connectivity index (χ1) is 9.22. The molecule has 3 rings (SSSR count). The van der Waals surface area contributed by atoms with Crippen molar-refractivity contribution in [2.45, 2.75) is 19.3 Å². The fraction of sp³-hybridized carbons (Fsp3) is 0.438. The Morgan fingerprint density at radius 2 is 2.00 bits per heavy atom. The van der Waals surface area contributed by atoms with Gasteiger partial charge in [0.1, 0.15) is 0 Å². The number of hydrogen-bond donors (Lipinski definition) is 2. The fourth-order valence-corrected chi connectivity index (χ4v) is 3.23. The van der Waals surface area contributed by atoms with Crippen LogP contribution in [0.25, 0.3) is 0 Å². The van der Waals surface area contributed by atoms with Crippen molar-refractivity contribution < 1.29 is 4.79 Å². The lowest BCUT2D eigenvalue weighted by Crippen LogP contribution is -2.34. The first-order valence-corrected chi connectivity index (χ1v) is 7.03. The average molecular weight is 256 g/mol. The van der Waals surface area contributed by atoms with Crippen LogP contribution >= 0.6 is 0 Å². The maximum atomic E-state index is 12.1. The summed E-state index contributed by atoms with van der Waals surface area (Å²) in [5.74, 6) is 1.58. The van der Waals surface area contributed by atoms with Crippen molar-refractivity contribution in [2.75, 3.05) is 12.3 Å². The molecule has 19 heavy (non-hydrogen) atoms. The number of nitrogens with two attached hydrogens (primary N) is 1. The van der Waals surface area contributed by atoms with Gasteiger partial charge < -0.3 is 11.1 Å². The van der Waals surface area contributed by atoms with Gasteiger partial charge in [0, 0.05) is 18.2 Å². The van der Waals surface area contributed by atoms with Gasteiger partial charge in [-0.15, -0.1) is 0 Å². The maximum absolute atomic E-state index is 12.1. The number of carbonyl (C=O) groups excluding carboxylic acids is 1. The van der Waals surface area contributed by atoms with Crippen molar-refractivity contribution in [2.24, 2.45) is 17.8 Å². The Labute approximate surface area is 113 Å². The highest BCUT2D eigenvalue weighted by Crippen LogP contribution is 2.43. The normalized spacial score (nSPS) is 27.7. The van der Waals surface area contributed by atoms with Gasteiger partial charge in [-0.3, -0.25) is 4.79 Å². The topological polar surface area (TPSA) is 55.1 Å². The van der Waals surface area contributed by atoms with Crippen LogP contribution in [-0.2, 0) is 11.2 Å². The molecule has 0 spiro atoms. The quantitative estimate of drug-likeness (QED) is 0.640. The standard InChI is InChI=1S/C16H20N2O/c17-14-5-2-11(3-6-14)7-8-18-16(19)15-10-12-1-4-13(15)9-12/h1-6,12-13,15H,7-10,17H2,(H,18,19). The molecule has 0 aromatic heterocycles. The number of fused-ring (bicyclic) bond motifs is 2. The molecular formula is C16H20N2O. The van der Waals surface area contributed by atoms with Crippen molar-refractivity contribution >= 4 is 11.6 Å². The number of nitrogens with one attached hydrogen (secondary N) is 1. The molecule has 2 aliphatic rings. The number of amides is 1. The summed E-state index contributed by atoms with van der Waals surface area (Å²) in [6, 6.07) is 7.83.